The standard InChI is InChI=1S/C21H24FN5O3/c1-3-20(28)27-18-9-14(21(24)26-12-4-5-15(22)16(23)8-12)17(25-2)10-19(18)30-13-6-7-29-11-13/h3-5,8-10,13,25H,1,6-7,11,23H2,2H3,(H2,24,26)(H,27,28). The predicted octanol–water partition coefficient (Wildman–Crippen LogP) is 2.78. The number of carbonyl (C=O) groups is 1. The normalized spacial score (nSPS) is 16.2. The van der Waals surface area contributed by atoms with E-state index in [1.165, 1.54) is 18.2 Å². The minimum Gasteiger partial charge on any atom is -0.486 e. The van der Waals surface area contributed by atoms with Crippen LogP contribution in [0, 0.1) is 5.82 Å². The molecule has 0 aliphatic carbocycles. The number of amides is 1. The Hall–Kier alpha value is -3.59. The molecule has 2 aromatic carbocycles. The molecule has 1 heterocycles. The molecule has 1 aliphatic rings. The first-order chi connectivity index (χ1) is 14.4. The number of ether oxygens (including phenoxy) is 2. The first kappa shape index (κ1) is 21.1. The van der Waals surface area contributed by atoms with E-state index in [4.69, 9.17) is 20.9 Å². The third kappa shape index (κ3) is 4.87. The van der Waals surface area contributed by atoms with Crippen LogP contribution in [0.2, 0.25) is 0 Å². The topological polar surface area (TPSA) is 124 Å². The first-order valence-electron chi connectivity index (χ1n) is 9.34. The number of anilines is 3. The maximum Gasteiger partial charge on any atom is 0.247 e. The van der Waals surface area contributed by atoms with Gasteiger partial charge in [0.2, 0.25) is 5.91 Å². The molecule has 1 amide bonds. The minimum atomic E-state index is -0.532. The Morgan fingerprint density at radius 2 is 2.17 bits per heavy atom. The smallest absolute Gasteiger partial charge is 0.247 e. The van der Waals surface area contributed by atoms with Gasteiger partial charge >= 0.3 is 0 Å². The number of hydrogen-bond donors (Lipinski definition) is 4. The van der Waals surface area contributed by atoms with Crippen LogP contribution in [0.4, 0.5) is 27.1 Å². The minimum absolute atomic E-state index is 0.0284. The number of nitrogen functional groups attached to an aromatic ring is 1. The van der Waals surface area contributed by atoms with Crippen LogP contribution < -0.4 is 26.8 Å². The molecular weight excluding hydrogens is 389 g/mol. The second kappa shape index (κ2) is 9.27. The fraction of sp³-hybridized carbons (Fsp3) is 0.238. The molecule has 0 radical (unpaired) electrons. The average molecular weight is 413 g/mol. The molecule has 0 spiro atoms. The Bertz CT molecular complexity index is 987. The highest BCUT2D eigenvalue weighted by Crippen LogP contribution is 2.34. The summed E-state index contributed by atoms with van der Waals surface area (Å²) in [6.45, 7) is 4.57. The zero-order chi connectivity index (χ0) is 21.7. The van der Waals surface area contributed by atoms with Crippen LogP contribution in [0.25, 0.3) is 0 Å². The number of rotatable bonds is 7. The van der Waals surface area contributed by atoms with Gasteiger partial charge in [-0.1, -0.05) is 6.58 Å². The van der Waals surface area contributed by atoms with Crippen LogP contribution in [0.3, 0.4) is 0 Å². The number of nitrogens with two attached hydrogens (primary N) is 2. The summed E-state index contributed by atoms with van der Waals surface area (Å²) in [5.74, 6) is -0.314. The number of carbonyl (C=O) groups excluding carboxylic acids is 1. The lowest BCUT2D eigenvalue weighted by atomic mass is 10.1. The number of nitrogens with one attached hydrogen (secondary N) is 2. The first-order valence-corrected chi connectivity index (χ1v) is 9.34. The molecule has 0 saturated carbocycles. The molecule has 2 aromatic rings. The van der Waals surface area contributed by atoms with Crippen molar-refractivity contribution in [3.63, 3.8) is 0 Å². The van der Waals surface area contributed by atoms with Crippen LogP contribution in [0.5, 0.6) is 5.75 Å². The van der Waals surface area contributed by atoms with Crippen molar-refractivity contribution in [2.45, 2.75) is 12.5 Å². The number of nitrogens with zero attached hydrogens (tertiary/aromatic N) is 1. The van der Waals surface area contributed by atoms with Gasteiger partial charge in [-0.25, -0.2) is 9.38 Å². The molecule has 8 nitrogen and oxygen atoms in total. The molecule has 9 heteroatoms. The van der Waals surface area contributed by atoms with Crippen LogP contribution in [0.15, 0.2) is 48.0 Å². The summed E-state index contributed by atoms with van der Waals surface area (Å²) in [5, 5.41) is 5.78. The molecule has 1 fully saturated rings. The third-order valence-electron chi connectivity index (χ3n) is 4.52. The van der Waals surface area contributed by atoms with E-state index in [2.05, 4.69) is 22.2 Å². The second-order valence-electron chi connectivity index (χ2n) is 6.64. The molecule has 1 saturated heterocycles. The van der Waals surface area contributed by atoms with E-state index in [0.29, 0.717) is 41.6 Å². The van der Waals surface area contributed by atoms with Gasteiger partial charge in [-0.3, -0.25) is 4.79 Å². The Balaban J connectivity index is 2.02. The Kier molecular flexibility index (Phi) is 6.53. The van der Waals surface area contributed by atoms with E-state index in [1.54, 1.807) is 19.2 Å². The van der Waals surface area contributed by atoms with E-state index >= 15 is 0 Å². The summed E-state index contributed by atoms with van der Waals surface area (Å²) in [7, 11) is 1.73. The van der Waals surface area contributed by atoms with Crippen LogP contribution in [-0.4, -0.2) is 38.1 Å². The highest BCUT2D eigenvalue weighted by molar-refractivity contribution is 6.07. The lowest BCUT2D eigenvalue weighted by molar-refractivity contribution is -0.111. The lowest BCUT2D eigenvalue weighted by Crippen LogP contribution is -2.20. The van der Waals surface area contributed by atoms with E-state index in [0.717, 1.165) is 12.5 Å². The van der Waals surface area contributed by atoms with E-state index in [1.807, 2.05) is 0 Å². The predicted molar refractivity (Wildman–Crippen MR) is 116 cm³/mol. The van der Waals surface area contributed by atoms with Crippen molar-refractivity contribution in [3.8, 4) is 5.75 Å². The zero-order valence-corrected chi connectivity index (χ0v) is 16.6. The molecular formula is C21H24FN5O3. The Morgan fingerprint density at radius 1 is 1.37 bits per heavy atom. The van der Waals surface area contributed by atoms with Gasteiger partial charge in [0.25, 0.3) is 0 Å². The molecule has 30 heavy (non-hydrogen) atoms. The summed E-state index contributed by atoms with van der Waals surface area (Å²) in [4.78, 5) is 16.3. The van der Waals surface area contributed by atoms with Gasteiger partial charge in [-0.15, -0.1) is 0 Å². The van der Waals surface area contributed by atoms with Crippen LogP contribution in [-0.2, 0) is 9.53 Å². The SMILES string of the molecule is C=CC(=O)Nc1cc(C(N)=Nc2ccc(F)c(N)c2)c(NC)cc1OC1CCOC1. The van der Waals surface area contributed by atoms with Crippen molar-refractivity contribution in [2.24, 2.45) is 10.7 Å². The molecule has 1 atom stereocenters. The van der Waals surface area contributed by atoms with Gasteiger partial charge < -0.3 is 31.6 Å². The Labute approximate surface area is 173 Å². The summed E-state index contributed by atoms with van der Waals surface area (Å²) >= 11 is 0. The molecule has 1 unspecified atom stereocenters. The van der Waals surface area contributed by atoms with Gasteiger partial charge in [0.1, 0.15) is 23.5 Å². The van der Waals surface area contributed by atoms with Crippen molar-refractivity contribution in [2.75, 3.05) is 36.6 Å². The van der Waals surface area contributed by atoms with E-state index in [-0.39, 0.29) is 17.6 Å². The van der Waals surface area contributed by atoms with Gasteiger partial charge in [0.15, 0.2) is 0 Å². The van der Waals surface area contributed by atoms with Crippen LogP contribution in [0.1, 0.15) is 12.0 Å². The van der Waals surface area contributed by atoms with Gasteiger partial charge in [-0.05, 0) is 30.3 Å². The number of hydrogen-bond acceptors (Lipinski definition) is 6. The summed E-state index contributed by atoms with van der Waals surface area (Å²) in [5.41, 5.74) is 13.8. The molecule has 6 N–H and O–H groups in total. The quantitative estimate of drug-likeness (QED) is 0.239. The molecule has 0 aromatic heterocycles. The average Bonchev–Trinajstić information content (AvgIpc) is 3.24. The maximum absolute atomic E-state index is 13.4. The Morgan fingerprint density at radius 3 is 2.80 bits per heavy atom. The van der Waals surface area contributed by atoms with Crippen molar-refractivity contribution in [1.82, 2.24) is 0 Å². The fourth-order valence-corrected chi connectivity index (χ4v) is 2.96. The number of halogens is 1. The van der Waals surface area contributed by atoms with Crippen molar-refractivity contribution >= 4 is 34.5 Å². The van der Waals surface area contributed by atoms with Gasteiger partial charge in [-0.2, -0.15) is 0 Å². The number of benzene rings is 2. The van der Waals surface area contributed by atoms with Crippen molar-refractivity contribution in [1.29, 1.82) is 0 Å². The monoisotopic (exact) mass is 413 g/mol. The van der Waals surface area contributed by atoms with E-state index < -0.39 is 11.7 Å². The highest BCUT2D eigenvalue weighted by Gasteiger charge is 2.21. The highest BCUT2D eigenvalue weighted by atomic mass is 19.1. The largest absolute Gasteiger partial charge is 0.486 e. The summed E-state index contributed by atoms with van der Waals surface area (Å²) in [6.07, 6.45) is 1.79. The van der Waals surface area contributed by atoms with Crippen LogP contribution >= 0.6 is 0 Å². The number of aliphatic imine (C=N–C) groups is 1. The van der Waals surface area contributed by atoms with Crippen molar-refractivity contribution < 1.29 is 18.7 Å². The van der Waals surface area contributed by atoms with Gasteiger partial charge in [0.05, 0.1) is 30.3 Å². The summed E-state index contributed by atoms with van der Waals surface area (Å²) in [6, 6.07) is 7.46. The van der Waals surface area contributed by atoms with E-state index in [9.17, 15) is 9.18 Å². The second-order valence-corrected chi connectivity index (χ2v) is 6.64. The maximum atomic E-state index is 13.4. The molecule has 0 bridgehead atoms. The molecule has 1 aliphatic heterocycles. The fourth-order valence-electron chi connectivity index (χ4n) is 2.96. The summed E-state index contributed by atoms with van der Waals surface area (Å²) < 4.78 is 24.8. The third-order valence-corrected chi connectivity index (χ3v) is 4.52. The molecule has 3 rings (SSSR count). The zero-order valence-electron chi connectivity index (χ0n) is 16.6. The number of amidine groups is 1. The van der Waals surface area contributed by atoms with Gasteiger partial charge in [0, 0.05) is 30.8 Å². The lowest BCUT2D eigenvalue weighted by Gasteiger charge is -2.19. The molecule has 158 valence electrons. The van der Waals surface area contributed by atoms with Crippen molar-refractivity contribution in [3.05, 3.63) is 54.4 Å².